The van der Waals surface area contributed by atoms with Crippen LogP contribution in [0.2, 0.25) is 0 Å². The van der Waals surface area contributed by atoms with Gasteiger partial charge < -0.3 is 10.6 Å². The van der Waals surface area contributed by atoms with E-state index in [-0.39, 0.29) is 0 Å². The highest BCUT2D eigenvalue weighted by Gasteiger charge is 2.48. The molecule has 2 aromatic heterocycles. The number of carbonyl (C=O) groups excluding carboxylic acids is 1. The molecule has 4 heterocycles. The van der Waals surface area contributed by atoms with Gasteiger partial charge in [-0.15, -0.1) is 11.3 Å². The fraction of sp³-hybridized carbons (Fsp3) is 0.500. The molecule has 6 heteroatoms. The molecule has 2 aromatic rings. The number of carbonyl (C=O) groups is 1. The van der Waals surface area contributed by atoms with Crippen LogP contribution < -0.4 is 10.6 Å². The molecule has 2 saturated heterocycles. The number of aldehydes is 1. The van der Waals surface area contributed by atoms with Crippen LogP contribution in [-0.4, -0.2) is 55.4 Å². The fourth-order valence-electron chi connectivity index (χ4n) is 3.46. The van der Waals surface area contributed by atoms with Crippen LogP contribution in [0.1, 0.15) is 22.5 Å². The van der Waals surface area contributed by atoms with E-state index in [2.05, 4.69) is 34.7 Å². The molecule has 2 aliphatic heterocycles. The van der Waals surface area contributed by atoms with E-state index in [9.17, 15) is 4.79 Å². The van der Waals surface area contributed by atoms with Crippen LogP contribution in [-0.2, 0) is 0 Å². The summed E-state index contributed by atoms with van der Waals surface area (Å²) in [6.07, 6.45) is 3.51. The molecule has 0 amide bonds. The van der Waals surface area contributed by atoms with E-state index in [4.69, 9.17) is 4.98 Å². The lowest BCUT2D eigenvalue weighted by atomic mass is 9.87. The third-order valence-corrected chi connectivity index (χ3v) is 5.71. The molecule has 1 spiro atoms. The minimum absolute atomic E-state index is 0.389. The first kappa shape index (κ1) is 15.4. The van der Waals surface area contributed by atoms with Gasteiger partial charge >= 0.3 is 0 Å². The standard InChI is InChI=1S/C15H17N3OS.CH5N/c1-17-6-2-5-15(17)9-18(10-15)13-4-3-11-7-12(8-19)20-14(11)16-13;1-2/h3-4,7-8H,2,5-6,9-10H2,1H3;2H2,1H3. The van der Waals surface area contributed by atoms with Gasteiger partial charge in [-0.05, 0) is 51.7 Å². The Labute approximate surface area is 134 Å². The molecule has 0 aliphatic carbocycles. The van der Waals surface area contributed by atoms with Crippen molar-refractivity contribution in [2.75, 3.05) is 38.6 Å². The maximum Gasteiger partial charge on any atom is 0.160 e. The molecule has 0 atom stereocenters. The number of pyridine rings is 1. The zero-order valence-corrected chi connectivity index (χ0v) is 13.9. The summed E-state index contributed by atoms with van der Waals surface area (Å²) in [5.74, 6) is 1.04. The Kier molecular flexibility index (Phi) is 4.16. The molecule has 0 bridgehead atoms. The topological polar surface area (TPSA) is 62.5 Å². The number of likely N-dealkylation sites (N-methyl/N-ethyl adjacent to an activating group) is 1. The first-order chi connectivity index (χ1) is 10.7. The SMILES string of the molecule is CN.CN1CCCC12CN(c1ccc3cc(C=O)sc3n1)C2. The average molecular weight is 318 g/mol. The van der Waals surface area contributed by atoms with Crippen molar-refractivity contribution in [1.82, 2.24) is 9.88 Å². The second-order valence-corrected chi connectivity index (χ2v) is 7.00. The Morgan fingerprint density at radius 2 is 2.14 bits per heavy atom. The first-order valence-electron chi connectivity index (χ1n) is 7.60. The first-order valence-corrected chi connectivity index (χ1v) is 8.42. The molecular formula is C16H22N4OS. The van der Waals surface area contributed by atoms with E-state index in [1.807, 2.05) is 6.07 Å². The Morgan fingerprint density at radius 3 is 2.77 bits per heavy atom. The Bertz CT molecular complexity index is 678. The minimum Gasteiger partial charge on any atom is -0.353 e. The van der Waals surface area contributed by atoms with Crippen molar-refractivity contribution in [3.8, 4) is 0 Å². The Morgan fingerprint density at radius 1 is 1.36 bits per heavy atom. The number of rotatable bonds is 2. The number of hydrogen-bond acceptors (Lipinski definition) is 6. The van der Waals surface area contributed by atoms with Crippen LogP contribution in [0, 0.1) is 0 Å². The Hall–Kier alpha value is -1.50. The van der Waals surface area contributed by atoms with Gasteiger partial charge in [-0.25, -0.2) is 4.98 Å². The van der Waals surface area contributed by atoms with E-state index >= 15 is 0 Å². The molecule has 2 fully saturated rings. The number of nitrogens with two attached hydrogens (primary N) is 1. The number of thiophene rings is 1. The maximum atomic E-state index is 10.8. The number of aromatic nitrogens is 1. The van der Waals surface area contributed by atoms with Crippen LogP contribution in [0.5, 0.6) is 0 Å². The predicted octanol–water partition coefficient (Wildman–Crippen LogP) is 1.97. The average Bonchev–Trinajstić information content (AvgIpc) is 3.10. The van der Waals surface area contributed by atoms with E-state index < -0.39 is 0 Å². The van der Waals surface area contributed by atoms with Gasteiger partial charge in [0, 0.05) is 18.5 Å². The van der Waals surface area contributed by atoms with Gasteiger partial charge in [-0.2, -0.15) is 0 Å². The van der Waals surface area contributed by atoms with Crippen LogP contribution in [0.15, 0.2) is 18.2 Å². The molecular weight excluding hydrogens is 296 g/mol. The fourth-order valence-corrected chi connectivity index (χ4v) is 4.30. The van der Waals surface area contributed by atoms with Crippen molar-refractivity contribution in [1.29, 1.82) is 0 Å². The minimum atomic E-state index is 0.389. The lowest BCUT2D eigenvalue weighted by Crippen LogP contribution is -2.67. The van der Waals surface area contributed by atoms with Gasteiger partial charge in [0.25, 0.3) is 0 Å². The molecule has 2 aliphatic rings. The summed E-state index contributed by atoms with van der Waals surface area (Å²) in [4.78, 5) is 22.1. The molecule has 0 saturated carbocycles. The van der Waals surface area contributed by atoms with Gasteiger partial charge in [0.2, 0.25) is 0 Å². The van der Waals surface area contributed by atoms with Crippen LogP contribution in [0.25, 0.3) is 10.2 Å². The van der Waals surface area contributed by atoms with Crippen molar-refractivity contribution < 1.29 is 4.79 Å². The molecule has 0 unspecified atom stereocenters. The quantitative estimate of drug-likeness (QED) is 0.858. The zero-order chi connectivity index (χ0) is 15.7. The highest BCUT2D eigenvalue weighted by molar-refractivity contribution is 7.20. The number of nitrogens with zero attached hydrogens (tertiary/aromatic N) is 3. The van der Waals surface area contributed by atoms with E-state index in [0.29, 0.717) is 5.54 Å². The summed E-state index contributed by atoms with van der Waals surface area (Å²) in [6.45, 7) is 3.37. The third-order valence-electron chi connectivity index (χ3n) is 4.74. The molecule has 22 heavy (non-hydrogen) atoms. The maximum absolute atomic E-state index is 10.8. The van der Waals surface area contributed by atoms with Crippen molar-refractivity contribution in [2.45, 2.75) is 18.4 Å². The van der Waals surface area contributed by atoms with Gasteiger partial charge in [-0.3, -0.25) is 9.69 Å². The predicted molar refractivity (Wildman–Crippen MR) is 91.9 cm³/mol. The number of hydrogen-bond donors (Lipinski definition) is 1. The molecule has 4 rings (SSSR count). The largest absolute Gasteiger partial charge is 0.353 e. The van der Waals surface area contributed by atoms with Gasteiger partial charge in [0.05, 0.1) is 10.4 Å². The molecule has 0 radical (unpaired) electrons. The van der Waals surface area contributed by atoms with E-state index in [1.165, 1.54) is 37.8 Å². The molecule has 0 aromatic carbocycles. The summed E-state index contributed by atoms with van der Waals surface area (Å²) in [7, 11) is 3.73. The third kappa shape index (κ3) is 2.41. The lowest BCUT2D eigenvalue weighted by Gasteiger charge is -2.52. The zero-order valence-electron chi connectivity index (χ0n) is 13.1. The highest BCUT2D eigenvalue weighted by atomic mass is 32.1. The van der Waals surface area contributed by atoms with E-state index in [1.54, 1.807) is 0 Å². The van der Waals surface area contributed by atoms with Crippen molar-refractivity contribution >= 4 is 33.7 Å². The highest BCUT2D eigenvalue weighted by Crippen LogP contribution is 2.39. The summed E-state index contributed by atoms with van der Waals surface area (Å²) in [5, 5.41) is 1.06. The monoisotopic (exact) mass is 318 g/mol. The summed E-state index contributed by atoms with van der Waals surface area (Å²) in [6, 6.07) is 6.06. The lowest BCUT2D eigenvalue weighted by molar-refractivity contribution is 0.112. The van der Waals surface area contributed by atoms with Gasteiger partial charge in [0.15, 0.2) is 6.29 Å². The molecule has 118 valence electrons. The van der Waals surface area contributed by atoms with Crippen molar-refractivity contribution in [2.24, 2.45) is 5.73 Å². The van der Waals surface area contributed by atoms with Crippen molar-refractivity contribution in [3.05, 3.63) is 23.1 Å². The van der Waals surface area contributed by atoms with Gasteiger partial charge in [-0.1, -0.05) is 0 Å². The summed E-state index contributed by atoms with van der Waals surface area (Å²) in [5.41, 5.74) is 4.89. The normalized spacial score (nSPS) is 19.9. The van der Waals surface area contributed by atoms with Crippen LogP contribution in [0.3, 0.4) is 0 Å². The van der Waals surface area contributed by atoms with Crippen LogP contribution in [0.4, 0.5) is 5.82 Å². The number of anilines is 1. The smallest absolute Gasteiger partial charge is 0.160 e. The number of likely N-dealkylation sites (tertiary alicyclic amines) is 1. The molecule has 2 N–H and O–H groups in total. The van der Waals surface area contributed by atoms with Crippen molar-refractivity contribution in [3.63, 3.8) is 0 Å². The molecule has 5 nitrogen and oxygen atoms in total. The Balaban J connectivity index is 0.000000693. The summed E-state index contributed by atoms with van der Waals surface area (Å²) < 4.78 is 0. The number of fused-ring (bicyclic) bond motifs is 1. The second kappa shape index (κ2) is 5.95. The second-order valence-electron chi connectivity index (χ2n) is 5.94. The summed E-state index contributed by atoms with van der Waals surface area (Å²) >= 11 is 1.47. The van der Waals surface area contributed by atoms with Crippen LogP contribution >= 0.6 is 11.3 Å². The van der Waals surface area contributed by atoms with Gasteiger partial charge in [0.1, 0.15) is 10.6 Å². The van der Waals surface area contributed by atoms with E-state index in [0.717, 1.165) is 40.3 Å².